The number of alkyl halides is 3. The van der Waals surface area contributed by atoms with Crippen molar-refractivity contribution in [3.8, 4) is 23.4 Å². The Bertz CT molecular complexity index is 1570. The number of benzene rings is 2. The number of hydrogen-bond donors (Lipinski definition) is 0. The molecule has 11 nitrogen and oxygen atoms in total. The van der Waals surface area contributed by atoms with Crippen LogP contribution in [0.4, 0.5) is 24.7 Å². The zero-order valence-electron chi connectivity index (χ0n) is 23.5. The third-order valence-corrected chi connectivity index (χ3v) is 7.50. The van der Waals surface area contributed by atoms with Gasteiger partial charge in [0.15, 0.2) is 0 Å². The van der Waals surface area contributed by atoms with Crippen LogP contribution < -0.4 is 19.1 Å². The Morgan fingerprint density at radius 1 is 0.955 bits per heavy atom. The van der Waals surface area contributed by atoms with Gasteiger partial charge in [-0.25, -0.2) is 4.98 Å². The Hall–Kier alpha value is -4.85. The number of piperazine rings is 1. The largest absolute Gasteiger partial charge is 0.490 e. The third kappa shape index (κ3) is 7.02. The number of pyridine rings is 1. The van der Waals surface area contributed by atoms with Gasteiger partial charge in [0.1, 0.15) is 30.4 Å². The van der Waals surface area contributed by atoms with Crippen LogP contribution in [0.5, 0.6) is 23.4 Å². The van der Waals surface area contributed by atoms with Crippen molar-refractivity contribution in [2.75, 3.05) is 37.7 Å². The number of fused-ring (bicyclic) bond motifs is 1. The molecule has 0 bridgehead atoms. The second-order valence-corrected chi connectivity index (χ2v) is 10.6. The molecule has 6 rings (SSSR count). The van der Waals surface area contributed by atoms with Crippen LogP contribution in [0, 0.1) is 10.1 Å². The molecule has 14 heteroatoms. The van der Waals surface area contributed by atoms with Crippen LogP contribution in [-0.4, -0.2) is 63.2 Å². The Morgan fingerprint density at radius 3 is 2.34 bits per heavy atom. The van der Waals surface area contributed by atoms with E-state index in [1.165, 1.54) is 18.3 Å². The van der Waals surface area contributed by atoms with Gasteiger partial charge >= 0.3 is 18.0 Å². The summed E-state index contributed by atoms with van der Waals surface area (Å²) in [5.41, 5.74) is 1.39. The molecule has 1 fully saturated rings. The predicted octanol–water partition coefficient (Wildman–Crippen LogP) is 5.55. The molecule has 2 aromatic carbocycles. The maximum absolute atomic E-state index is 12.8. The molecule has 0 N–H and O–H groups in total. The van der Waals surface area contributed by atoms with Crippen molar-refractivity contribution >= 4 is 11.5 Å². The van der Waals surface area contributed by atoms with E-state index in [-0.39, 0.29) is 23.7 Å². The molecule has 0 saturated carbocycles. The summed E-state index contributed by atoms with van der Waals surface area (Å²) >= 11 is 0. The maximum Gasteiger partial charge on any atom is 0.416 e. The summed E-state index contributed by atoms with van der Waals surface area (Å²) in [5.74, 6) is 1.09. The molecular weight excluding hydrogens is 581 g/mol. The highest BCUT2D eigenvalue weighted by Gasteiger charge is 2.30. The fraction of sp³-hybridized carbons (Fsp3) is 0.333. The number of hydrogen-bond acceptors (Lipinski definition) is 9. The SMILES string of the molecule is O=[N+]([O-])c1cn2c(n1)OC(COc1ccc(N3CCN(Cc4ccc(Oc5ccc(C(F)(F)F)cc5)nc4)CC3)cc1)CC2. The molecule has 0 aliphatic carbocycles. The molecule has 4 heterocycles. The summed E-state index contributed by atoms with van der Waals surface area (Å²) in [6.07, 6.45) is -0.858. The van der Waals surface area contributed by atoms with Crippen LogP contribution in [0.25, 0.3) is 0 Å². The minimum absolute atomic E-state index is 0.226. The maximum atomic E-state index is 12.8. The Morgan fingerprint density at radius 2 is 1.68 bits per heavy atom. The van der Waals surface area contributed by atoms with Gasteiger partial charge in [0, 0.05) is 68.6 Å². The summed E-state index contributed by atoms with van der Waals surface area (Å²) in [7, 11) is 0. The first kappa shape index (κ1) is 29.2. The number of aryl methyl sites for hydroxylation is 1. The molecule has 0 amide bonds. The Kier molecular flexibility index (Phi) is 8.24. The van der Waals surface area contributed by atoms with Crippen LogP contribution in [0.15, 0.2) is 73.1 Å². The molecule has 44 heavy (non-hydrogen) atoms. The normalized spacial score (nSPS) is 17.1. The van der Waals surface area contributed by atoms with Crippen molar-refractivity contribution in [3.63, 3.8) is 0 Å². The summed E-state index contributed by atoms with van der Waals surface area (Å²) in [6, 6.07) is 16.3. The summed E-state index contributed by atoms with van der Waals surface area (Å²) in [6.45, 7) is 5.08. The van der Waals surface area contributed by atoms with Crippen LogP contribution in [0.1, 0.15) is 17.5 Å². The van der Waals surface area contributed by atoms with E-state index in [1.54, 1.807) is 16.8 Å². The molecule has 2 aliphatic heterocycles. The number of nitro groups is 1. The van der Waals surface area contributed by atoms with E-state index in [0.717, 1.165) is 56.1 Å². The van der Waals surface area contributed by atoms with Gasteiger partial charge < -0.3 is 29.2 Å². The molecule has 1 atom stereocenters. The lowest BCUT2D eigenvalue weighted by Gasteiger charge is -2.36. The molecule has 1 saturated heterocycles. The van der Waals surface area contributed by atoms with E-state index in [0.29, 0.717) is 31.2 Å². The highest BCUT2D eigenvalue weighted by Crippen LogP contribution is 2.31. The zero-order chi connectivity index (χ0) is 30.7. The second kappa shape index (κ2) is 12.4. The van der Waals surface area contributed by atoms with Gasteiger partial charge in [0.25, 0.3) is 0 Å². The summed E-state index contributed by atoms with van der Waals surface area (Å²) in [4.78, 5) is 23.3. The molecule has 4 aromatic rings. The quantitative estimate of drug-likeness (QED) is 0.178. The van der Waals surface area contributed by atoms with Crippen molar-refractivity contribution in [3.05, 3.63) is 94.3 Å². The van der Waals surface area contributed by atoms with E-state index in [1.807, 2.05) is 30.3 Å². The summed E-state index contributed by atoms with van der Waals surface area (Å²) < 4.78 is 57.2. The molecule has 230 valence electrons. The van der Waals surface area contributed by atoms with Crippen molar-refractivity contribution in [2.45, 2.75) is 31.8 Å². The number of halogens is 3. The van der Waals surface area contributed by atoms with Gasteiger partial charge in [-0.3, -0.25) is 9.47 Å². The molecule has 2 aromatic heterocycles. The second-order valence-electron chi connectivity index (χ2n) is 10.6. The predicted molar refractivity (Wildman–Crippen MR) is 153 cm³/mol. The third-order valence-electron chi connectivity index (χ3n) is 7.50. The smallest absolute Gasteiger partial charge is 0.416 e. The van der Waals surface area contributed by atoms with E-state index in [4.69, 9.17) is 14.2 Å². The minimum Gasteiger partial charge on any atom is -0.490 e. The first-order valence-electron chi connectivity index (χ1n) is 14.1. The van der Waals surface area contributed by atoms with Gasteiger partial charge in [-0.05, 0) is 59.0 Å². The number of aromatic nitrogens is 3. The lowest BCUT2D eigenvalue weighted by Crippen LogP contribution is -2.45. The van der Waals surface area contributed by atoms with Gasteiger partial charge in [-0.1, -0.05) is 6.07 Å². The lowest BCUT2D eigenvalue weighted by molar-refractivity contribution is -0.389. The zero-order valence-corrected chi connectivity index (χ0v) is 23.5. The summed E-state index contributed by atoms with van der Waals surface area (Å²) in [5, 5.41) is 10.9. The standard InChI is InChI=1S/C30H29F3N6O5/c31-30(32,33)22-2-6-25(7-3-22)43-28-10-1-21(17-34-28)18-36-13-15-37(16-14-36)23-4-8-24(9-5-23)42-20-26-11-12-38-19-27(39(40)41)35-29(38)44-26/h1-10,17,19,26H,11-16,18,20H2. The average molecular weight is 611 g/mol. The van der Waals surface area contributed by atoms with E-state index in [2.05, 4.69) is 19.8 Å². The monoisotopic (exact) mass is 610 g/mol. The minimum atomic E-state index is -4.39. The van der Waals surface area contributed by atoms with Gasteiger partial charge in [0.05, 0.1) is 5.56 Å². The van der Waals surface area contributed by atoms with E-state index >= 15 is 0 Å². The van der Waals surface area contributed by atoms with Crippen LogP contribution in [-0.2, 0) is 19.3 Å². The van der Waals surface area contributed by atoms with Crippen molar-refractivity contribution in [1.82, 2.24) is 19.4 Å². The lowest BCUT2D eigenvalue weighted by atomic mass is 10.2. The topological polar surface area (TPSA) is 108 Å². The first-order valence-corrected chi connectivity index (χ1v) is 14.1. The van der Waals surface area contributed by atoms with Crippen molar-refractivity contribution in [1.29, 1.82) is 0 Å². The molecule has 1 unspecified atom stereocenters. The fourth-order valence-electron chi connectivity index (χ4n) is 5.10. The number of nitrogens with zero attached hydrogens (tertiary/aromatic N) is 6. The van der Waals surface area contributed by atoms with Crippen LogP contribution in [0.3, 0.4) is 0 Å². The molecule has 0 spiro atoms. The number of imidazole rings is 1. The average Bonchev–Trinajstić information content (AvgIpc) is 3.46. The van der Waals surface area contributed by atoms with Gasteiger partial charge in [-0.15, -0.1) is 0 Å². The van der Waals surface area contributed by atoms with E-state index < -0.39 is 16.7 Å². The molecular formula is C30H29F3N6O5. The van der Waals surface area contributed by atoms with Crippen molar-refractivity contribution in [2.24, 2.45) is 0 Å². The van der Waals surface area contributed by atoms with Crippen LogP contribution in [0.2, 0.25) is 0 Å². The number of anilines is 1. The van der Waals surface area contributed by atoms with Crippen LogP contribution >= 0.6 is 0 Å². The van der Waals surface area contributed by atoms with Crippen molar-refractivity contribution < 1.29 is 32.3 Å². The number of ether oxygens (including phenoxy) is 3. The highest BCUT2D eigenvalue weighted by molar-refractivity contribution is 5.49. The van der Waals surface area contributed by atoms with Gasteiger partial charge in [0.2, 0.25) is 5.88 Å². The number of rotatable bonds is 9. The van der Waals surface area contributed by atoms with Gasteiger partial charge in [-0.2, -0.15) is 13.2 Å². The fourth-order valence-corrected chi connectivity index (χ4v) is 5.10. The van der Waals surface area contributed by atoms with E-state index in [9.17, 15) is 23.3 Å². The highest BCUT2D eigenvalue weighted by atomic mass is 19.4. The molecule has 0 radical (unpaired) electrons. The molecule has 2 aliphatic rings. The Balaban J connectivity index is 0.933. The Labute approximate surface area is 250 Å². The first-order chi connectivity index (χ1) is 21.2.